The third-order valence-corrected chi connectivity index (χ3v) is 4.75. The number of rotatable bonds is 4. The van der Waals surface area contributed by atoms with E-state index in [9.17, 15) is 0 Å². The van der Waals surface area contributed by atoms with Crippen LogP contribution in [0.15, 0.2) is 54.6 Å². The summed E-state index contributed by atoms with van der Waals surface area (Å²) < 4.78 is 10.5. The maximum absolute atomic E-state index is 5.58. The van der Waals surface area contributed by atoms with Gasteiger partial charge in [0.05, 0.1) is 19.6 Å². The summed E-state index contributed by atoms with van der Waals surface area (Å²) in [4.78, 5) is 0. The van der Waals surface area contributed by atoms with Gasteiger partial charge in [0.1, 0.15) is 11.4 Å². The normalized spacial score (nSPS) is 12.6. The summed E-state index contributed by atoms with van der Waals surface area (Å²) >= 11 is 0. The van der Waals surface area contributed by atoms with Gasteiger partial charge in [-0.1, -0.05) is 18.2 Å². The lowest BCUT2D eigenvalue weighted by Gasteiger charge is -2.05. The number of halogens is 1. The Labute approximate surface area is 159 Å². The molecule has 25 heavy (non-hydrogen) atoms. The zero-order chi connectivity index (χ0) is 16.5. The molecular formula is C21H23BrN2O. The fourth-order valence-electron chi connectivity index (χ4n) is 3.79. The Kier molecular flexibility index (Phi) is 5.28. The topological polar surface area (TPSA) is 18.0 Å². The highest BCUT2D eigenvalue weighted by Crippen LogP contribution is 2.29. The van der Waals surface area contributed by atoms with Crippen molar-refractivity contribution in [2.45, 2.75) is 33.2 Å². The molecule has 4 heteroatoms. The fourth-order valence-corrected chi connectivity index (χ4v) is 3.79. The van der Waals surface area contributed by atoms with E-state index in [2.05, 4.69) is 70.7 Å². The summed E-state index contributed by atoms with van der Waals surface area (Å²) in [7, 11) is 0. The first-order valence-corrected chi connectivity index (χ1v) is 8.72. The molecule has 0 spiro atoms. The molecule has 1 aliphatic rings. The SMILES string of the molecule is CCOc1ccc(-c2c(C)n(-c3ccccc3)c3[n+]2CCC3)cc1.[Br-]. The smallest absolute Gasteiger partial charge is 0.262 e. The van der Waals surface area contributed by atoms with Crippen LogP contribution in [-0.2, 0) is 13.0 Å². The van der Waals surface area contributed by atoms with Gasteiger partial charge in [-0.3, -0.25) is 0 Å². The molecule has 0 saturated carbocycles. The molecule has 2 aromatic carbocycles. The van der Waals surface area contributed by atoms with Gasteiger partial charge in [-0.25, -0.2) is 4.57 Å². The molecule has 1 aliphatic heterocycles. The van der Waals surface area contributed by atoms with Gasteiger partial charge in [0, 0.05) is 12.5 Å². The van der Waals surface area contributed by atoms with Crippen LogP contribution in [-0.4, -0.2) is 11.2 Å². The molecule has 0 radical (unpaired) electrons. The second-order valence-electron chi connectivity index (χ2n) is 6.23. The predicted octanol–water partition coefficient (Wildman–Crippen LogP) is 1.09. The number of nitrogens with zero attached hydrogens (tertiary/aromatic N) is 2. The molecule has 3 nitrogen and oxygen atoms in total. The van der Waals surface area contributed by atoms with Gasteiger partial charge in [-0.2, -0.15) is 4.57 Å². The van der Waals surface area contributed by atoms with Crippen LogP contribution in [0.2, 0.25) is 0 Å². The lowest BCUT2D eigenvalue weighted by molar-refractivity contribution is -0.679. The molecule has 0 bridgehead atoms. The van der Waals surface area contributed by atoms with E-state index in [1.807, 2.05) is 6.92 Å². The number of hydrogen-bond donors (Lipinski definition) is 0. The lowest BCUT2D eigenvalue weighted by atomic mass is 10.1. The quantitative estimate of drug-likeness (QED) is 0.601. The van der Waals surface area contributed by atoms with Gasteiger partial charge in [0.25, 0.3) is 5.82 Å². The zero-order valence-electron chi connectivity index (χ0n) is 14.7. The third kappa shape index (κ3) is 3.11. The average Bonchev–Trinajstić information content (AvgIpc) is 3.16. The molecule has 3 aromatic rings. The molecule has 0 unspecified atom stereocenters. The zero-order valence-corrected chi connectivity index (χ0v) is 16.3. The van der Waals surface area contributed by atoms with Crippen molar-refractivity contribution in [2.24, 2.45) is 0 Å². The highest BCUT2D eigenvalue weighted by Gasteiger charge is 2.33. The molecule has 2 heterocycles. The van der Waals surface area contributed by atoms with Crippen LogP contribution >= 0.6 is 0 Å². The Bertz CT molecular complexity index is 854. The Balaban J connectivity index is 0.00000182. The molecule has 0 N–H and O–H groups in total. The molecular weight excluding hydrogens is 376 g/mol. The second kappa shape index (κ2) is 7.44. The second-order valence-corrected chi connectivity index (χ2v) is 6.23. The molecule has 0 amide bonds. The van der Waals surface area contributed by atoms with Crippen LogP contribution in [0.3, 0.4) is 0 Å². The number of fused-ring (bicyclic) bond motifs is 1. The minimum Gasteiger partial charge on any atom is -1.00 e. The number of para-hydroxylation sites is 1. The van der Waals surface area contributed by atoms with Crippen LogP contribution in [0, 0.1) is 6.92 Å². The summed E-state index contributed by atoms with van der Waals surface area (Å²) in [6, 6.07) is 19.2. The maximum Gasteiger partial charge on any atom is 0.262 e. The van der Waals surface area contributed by atoms with Crippen molar-refractivity contribution < 1.29 is 26.3 Å². The summed E-state index contributed by atoms with van der Waals surface area (Å²) in [5, 5.41) is 0. The minimum atomic E-state index is 0. The Morgan fingerprint density at radius 1 is 1.04 bits per heavy atom. The van der Waals surface area contributed by atoms with E-state index >= 15 is 0 Å². The lowest BCUT2D eigenvalue weighted by Crippen LogP contribution is -3.00. The van der Waals surface area contributed by atoms with E-state index in [0.29, 0.717) is 6.61 Å². The Hall–Kier alpha value is -2.07. The first-order valence-electron chi connectivity index (χ1n) is 8.72. The fraction of sp³-hybridized carbons (Fsp3) is 0.286. The predicted molar refractivity (Wildman–Crippen MR) is 95.6 cm³/mol. The van der Waals surface area contributed by atoms with E-state index in [-0.39, 0.29) is 17.0 Å². The van der Waals surface area contributed by atoms with Crippen molar-refractivity contribution in [3.05, 3.63) is 66.1 Å². The minimum absolute atomic E-state index is 0. The first kappa shape index (κ1) is 17.7. The molecule has 4 rings (SSSR count). The molecule has 0 aliphatic carbocycles. The summed E-state index contributed by atoms with van der Waals surface area (Å²) in [6.45, 7) is 6.04. The van der Waals surface area contributed by atoms with E-state index in [4.69, 9.17) is 4.74 Å². The standard InChI is InChI=1S/C21H23N2O.BrH/c1-3-24-19-13-11-17(12-14-19)21-16(2)23(18-8-5-4-6-9-18)20-10-7-15-22(20)21;/h4-6,8-9,11-14H,3,7,10,15H2,1-2H3;1H/q+1;/p-1. The van der Waals surface area contributed by atoms with E-state index in [0.717, 1.165) is 18.7 Å². The summed E-state index contributed by atoms with van der Waals surface area (Å²) in [5.74, 6) is 2.34. The van der Waals surface area contributed by atoms with Crippen LogP contribution in [0.1, 0.15) is 24.9 Å². The number of hydrogen-bond acceptors (Lipinski definition) is 1. The number of benzene rings is 2. The molecule has 0 saturated heterocycles. The van der Waals surface area contributed by atoms with Crippen molar-refractivity contribution in [1.29, 1.82) is 0 Å². The number of aromatic nitrogens is 2. The van der Waals surface area contributed by atoms with E-state index in [1.54, 1.807) is 0 Å². The van der Waals surface area contributed by atoms with Crippen LogP contribution < -0.4 is 26.3 Å². The average molecular weight is 399 g/mol. The number of ether oxygens (including phenoxy) is 1. The van der Waals surface area contributed by atoms with Gasteiger partial charge in [-0.05, 0) is 49.7 Å². The monoisotopic (exact) mass is 398 g/mol. The Morgan fingerprint density at radius 3 is 2.44 bits per heavy atom. The summed E-state index contributed by atoms with van der Waals surface area (Å²) in [6.07, 6.45) is 2.35. The van der Waals surface area contributed by atoms with Gasteiger partial charge in [-0.15, -0.1) is 0 Å². The Morgan fingerprint density at radius 2 is 1.76 bits per heavy atom. The molecule has 1 aromatic heterocycles. The van der Waals surface area contributed by atoms with Crippen LogP contribution in [0.4, 0.5) is 0 Å². The highest BCUT2D eigenvalue weighted by molar-refractivity contribution is 5.61. The third-order valence-electron chi connectivity index (χ3n) is 4.75. The van der Waals surface area contributed by atoms with Crippen molar-refractivity contribution in [1.82, 2.24) is 4.57 Å². The van der Waals surface area contributed by atoms with Gasteiger partial charge in [0.15, 0.2) is 11.4 Å². The van der Waals surface area contributed by atoms with Crippen LogP contribution in [0.5, 0.6) is 5.75 Å². The molecule has 0 fully saturated rings. The van der Waals surface area contributed by atoms with Crippen LogP contribution in [0.25, 0.3) is 16.9 Å². The summed E-state index contributed by atoms with van der Waals surface area (Å²) in [5.41, 5.74) is 5.14. The highest BCUT2D eigenvalue weighted by atomic mass is 79.9. The molecule has 0 atom stereocenters. The van der Waals surface area contributed by atoms with Gasteiger partial charge >= 0.3 is 0 Å². The van der Waals surface area contributed by atoms with E-state index in [1.165, 1.54) is 34.9 Å². The van der Waals surface area contributed by atoms with Crippen molar-refractivity contribution >= 4 is 0 Å². The van der Waals surface area contributed by atoms with Crippen molar-refractivity contribution in [3.8, 4) is 22.7 Å². The number of imidazole rings is 1. The van der Waals surface area contributed by atoms with Gasteiger partial charge < -0.3 is 21.7 Å². The molecule has 130 valence electrons. The maximum atomic E-state index is 5.58. The van der Waals surface area contributed by atoms with Crippen molar-refractivity contribution in [3.63, 3.8) is 0 Å². The van der Waals surface area contributed by atoms with Crippen molar-refractivity contribution in [2.75, 3.05) is 6.61 Å². The first-order chi connectivity index (χ1) is 11.8. The largest absolute Gasteiger partial charge is 1.00 e. The van der Waals surface area contributed by atoms with E-state index < -0.39 is 0 Å². The van der Waals surface area contributed by atoms with Gasteiger partial charge in [0.2, 0.25) is 0 Å².